The number of amides is 1. The number of rotatable bonds is 6. The Morgan fingerprint density at radius 3 is 2.22 bits per heavy atom. The Labute approximate surface area is 111 Å². The first kappa shape index (κ1) is 15.0. The fraction of sp³-hybridized carbons (Fsp3) is 0.667. The van der Waals surface area contributed by atoms with Gasteiger partial charge in [-0.2, -0.15) is 0 Å². The van der Waals surface area contributed by atoms with E-state index in [1.807, 2.05) is 12.2 Å². The SMILES string of the molecule is C=CCN(CC=C)C1(C)CCC(NC(C)=O)CC1. The molecule has 0 heterocycles. The van der Waals surface area contributed by atoms with E-state index >= 15 is 0 Å². The summed E-state index contributed by atoms with van der Waals surface area (Å²) in [6.45, 7) is 13.4. The first-order valence-electron chi connectivity index (χ1n) is 6.76. The van der Waals surface area contributed by atoms with Gasteiger partial charge in [-0.15, -0.1) is 13.2 Å². The summed E-state index contributed by atoms with van der Waals surface area (Å²) in [7, 11) is 0. The van der Waals surface area contributed by atoms with E-state index in [0.717, 1.165) is 38.8 Å². The van der Waals surface area contributed by atoms with Crippen LogP contribution in [0.3, 0.4) is 0 Å². The van der Waals surface area contributed by atoms with Crippen LogP contribution < -0.4 is 5.32 Å². The summed E-state index contributed by atoms with van der Waals surface area (Å²) in [5.41, 5.74) is 0.206. The number of hydrogen-bond donors (Lipinski definition) is 1. The molecule has 0 aromatic heterocycles. The van der Waals surface area contributed by atoms with Crippen molar-refractivity contribution in [2.45, 2.75) is 51.1 Å². The molecule has 102 valence electrons. The van der Waals surface area contributed by atoms with E-state index in [0.29, 0.717) is 6.04 Å². The predicted octanol–water partition coefficient (Wildman–Crippen LogP) is 2.50. The van der Waals surface area contributed by atoms with Gasteiger partial charge < -0.3 is 5.32 Å². The maximum absolute atomic E-state index is 11.1. The quantitative estimate of drug-likeness (QED) is 0.735. The molecule has 0 radical (unpaired) electrons. The second kappa shape index (κ2) is 6.74. The zero-order valence-electron chi connectivity index (χ0n) is 11.7. The monoisotopic (exact) mass is 250 g/mol. The van der Waals surface area contributed by atoms with Gasteiger partial charge in [-0.25, -0.2) is 0 Å². The third-order valence-corrected chi connectivity index (χ3v) is 3.93. The number of carbonyl (C=O) groups is 1. The third-order valence-electron chi connectivity index (χ3n) is 3.93. The van der Waals surface area contributed by atoms with Gasteiger partial charge in [0.15, 0.2) is 0 Å². The minimum Gasteiger partial charge on any atom is -0.354 e. The molecule has 0 spiro atoms. The van der Waals surface area contributed by atoms with Crippen LogP contribution in [0.25, 0.3) is 0 Å². The van der Waals surface area contributed by atoms with E-state index in [1.54, 1.807) is 6.92 Å². The molecule has 0 aliphatic heterocycles. The lowest BCUT2D eigenvalue weighted by atomic mass is 9.79. The summed E-state index contributed by atoms with van der Waals surface area (Å²) < 4.78 is 0. The zero-order chi connectivity index (χ0) is 13.6. The summed E-state index contributed by atoms with van der Waals surface area (Å²) in [6, 6.07) is 0.352. The Bertz CT molecular complexity index is 294. The van der Waals surface area contributed by atoms with Gasteiger partial charge >= 0.3 is 0 Å². The molecule has 1 rings (SSSR count). The molecule has 1 aliphatic carbocycles. The summed E-state index contributed by atoms with van der Waals surface area (Å²) in [5.74, 6) is 0.0812. The molecule has 1 saturated carbocycles. The summed E-state index contributed by atoms with van der Waals surface area (Å²) in [4.78, 5) is 13.5. The minimum atomic E-state index is 0.0812. The van der Waals surface area contributed by atoms with Crippen molar-refractivity contribution in [2.24, 2.45) is 0 Å². The molecule has 18 heavy (non-hydrogen) atoms. The summed E-state index contributed by atoms with van der Waals surface area (Å²) in [5, 5.41) is 3.02. The maximum Gasteiger partial charge on any atom is 0.217 e. The van der Waals surface area contributed by atoms with Gasteiger partial charge in [0.05, 0.1) is 0 Å². The van der Waals surface area contributed by atoms with Gasteiger partial charge in [-0.1, -0.05) is 12.2 Å². The van der Waals surface area contributed by atoms with Crippen molar-refractivity contribution in [3.63, 3.8) is 0 Å². The van der Waals surface area contributed by atoms with E-state index < -0.39 is 0 Å². The molecule has 0 aromatic carbocycles. The predicted molar refractivity (Wildman–Crippen MR) is 76.4 cm³/mol. The smallest absolute Gasteiger partial charge is 0.217 e. The second-order valence-corrected chi connectivity index (χ2v) is 5.45. The van der Waals surface area contributed by atoms with Crippen LogP contribution in [0.15, 0.2) is 25.3 Å². The number of nitrogens with zero attached hydrogens (tertiary/aromatic N) is 1. The molecular weight excluding hydrogens is 224 g/mol. The van der Waals surface area contributed by atoms with Crippen LogP contribution >= 0.6 is 0 Å². The molecule has 3 heteroatoms. The van der Waals surface area contributed by atoms with E-state index in [-0.39, 0.29) is 11.4 Å². The largest absolute Gasteiger partial charge is 0.354 e. The number of nitrogens with one attached hydrogen (secondary N) is 1. The molecule has 3 nitrogen and oxygen atoms in total. The molecule has 0 bridgehead atoms. The van der Waals surface area contributed by atoms with E-state index in [1.165, 1.54) is 0 Å². The summed E-state index contributed by atoms with van der Waals surface area (Å²) >= 11 is 0. The van der Waals surface area contributed by atoms with Crippen LogP contribution in [0.4, 0.5) is 0 Å². The van der Waals surface area contributed by atoms with Crippen LogP contribution in [-0.4, -0.2) is 35.5 Å². The standard InChI is InChI=1S/C15H26N2O/c1-5-11-17(12-6-2)15(4)9-7-14(8-10-15)16-13(3)18/h5-6,14H,1-2,7-12H2,3-4H3,(H,16,18). The van der Waals surface area contributed by atoms with Crippen molar-refractivity contribution in [3.05, 3.63) is 25.3 Å². The first-order chi connectivity index (χ1) is 8.51. The normalized spacial score (nSPS) is 27.8. The lowest BCUT2D eigenvalue weighted by Gasteiger charge is -2.45. The number of carbonyl (C=O) groups excluding carboxylic acids is 1. The lowest BCUT2D eigenvalue weighted by molar-refractivity contribution is -0.120. The van der Waals surface area contributed by atoms with Gasteiger partial charge in [0.2, 0.25) is 5.91 Å². The molecule has 1 amide bonds. The molecule has 0 saturated heterocycles. The fourth-order valence-corrected chi connectivity index (χ4v) is 2.81. The Morgan fingerprint density at radius 1 is 1.33 bits per heavy atom. The Morgan fingerprint density at radius 2 is 1.83 bits per heavy atom. The average molecular weight is 250 g/mol. The Balaban J connectivity index is 2.57. The Kier molecular flexibility index (Phi) is 5.60. The van der Waals surface area contributed by atoms with Crippen molar-refractivity contribution < 1.29 is 4.79 Å². The highest BCUT2D eigenvalue weighted by molar-refractivity contribution is 5.73. The molecule has 0 atom stereocenters. The van der Waals surface area contributed by atoms with Gasteiger partial charge in [0.25, 0.3) is 0 Å². The fourth-order valence-electron chi connectivity index (χ4n) is 2.81. The maximum atomic E-state index is 11.1. The van der Waals surface area contributed by atoms with E-state index in [9.17, 15) is 4.79 Å². The molecule has 0 unspecified atom stereocenters. The van der Waals surface area contributed by atoms with Gasteiger partial charge in [0, 0.05) is 31.6 Å². The molecule has 0 aromatic rings. The van der Waals surface area contributed by atoms with Crippen molar-refractivity contribution >= 4 is 5.91 Å². The third kappa shape index (κ3) is 3.98. The molecule has 1 aliphatic rings. The topological polar surface area (TPSA) is 32.3 Å². The van der Waals surface area contributed by atoms with Gasteiger partial charge in [0.1, 0.15) is 0 Å². The Hall–Kier alpha value is -1.09. The van der Waals surface area contributed by atoms with Crippen molar-refractivity contribution in [1.29, 1.82) is 0 Å². The highest BCUT2D eigenvalue weighted by Gasteiger charge is 2.35. The molecule has 1 N–H and O–H groups in total. The molecule has 1 fully saturated rings. The van der Waals surface area contributed by atoms with E-state index in [4.69, 9.17) is 0 Å². The molecular formula is C15H26N2O. The first-order valence-corrected chi connectivity index (χ1v) is 6.76. The van der Waals surface area contributed by atoms with Crippen LogP contribution in [-0.2, 0) is 4.79 Å². The van der Waals surface area contributed by atoms with Crippen molar-refractivity contribution in [3.8, 4) is 0 Å². The highest BCUT2D eigenvalue weighted by atomic mass is 16.1. The van der Waals surface area contributed by atoms with Crippen LogP contribution in [0, 0.1) is 0 Å². The minimum absolute atomic E-state index is 0.0812. The van der Waals surface area contributed by atoms with Crippen LogP contribution in [0.1, 0.15) is 39.5 Å². The number of hydrogen-bond acceptors (Lipinski definition) is 2. The van der Waals surface area contributed by atoms with Crippen molar-refractivity contribution in [2.75, 3.05) is 13.1 Å². The van der Waals surface area contributed by atoms with Crippen molar-refractivity contribution in [1.82, 2.24) is 10.2 Å². The van der Waals surface area contributed by atoms with Gasteiger partial charge in [-0.05, 0) is 32.6 Å². The zero-order valence-corrected chi connectivity index (χ0v) is 11.7. The van der Waals surface area contributed by atoms with Crippen LogP contribution in [0.5, 0.6) is 0 Å². The highest BCUT2D eigenvalue weighted by Crippen LogP contribution is 2.33. The summed E-state index contributed by atoms with van der Waals surface area (Å²) in [6.07, 6.45) is 8.24. The van der Waals surface area contributed by atoms with Crippen LogP contribution in [0.2, 0.25) is 0 Å². The van der Waals surface area contributed by atoms with Gasteiger partial charge in [-0.3, -0.25) is 9.69 Å². The lowest BCUT2D eigenvalue weighted by Crippen LogP contribution is -2.51. The second-order valence-electron chi connectivity index (χ2n) is 5.45. The average Bonchev–Trinajstić information content (AvgIpc) is 2.32. The van der Waals surface area contributed by atoms with E-state index in [2.05, 4.69) is 30.3 Å².